The van der Waals surface area contributed by atoms with Crippen molar-refractivity contribution in [3.8, 4) is 0 Å². The number of aromatic nitrogens is 2. The summed E-state index contributed by atoms with van der Waals surface area (Å²) in [5, 5.41) is 3.40. The second-order valence-corrected chi connectivity index (χ2v) is 6.17. The fourth-order valence-electron chi connectivity index (χ4n) is 3.16. The third-order valence-corrected chi connectivity index (χ3v) is 4.21. The molecule has 0 aliphatic carbocycles. The van der Waals surface area contributed by atoms with Crippen LogP contribution >= 0.6 is 0 Å². The first-order valence-corrected chi connectivity index (χ1v) is 8.23. The topological polar surface area (TPSA) is 61.0 Å². The summed E-state index contributed by atoms with van der Waals surface area (Å²) in [5.74, 6) is -1.72. The SMILES string of the molecule is CCCN(CC(F)(F)F)C(=O)C1=CC(c2c(F)cnc3[nH]ccc23)CN1. The number of H-pyrrole nitrogens is 1. The molecular formula is C17H18F4N4O. The van der Waals surface area contributed by atoms with E-state index in [0.717, 1.165) is 11.1 Å². The zero-order valence-electron chi connectivity index (χ0n) is 14.0. The maximum absolute atomic E-state index is 14.3. The Labute approximate surface area is 147 Å². The molecule has 0 saturated heterocycles. The molecule has 2 N–H and O–H groups in total. The molecule has 1 unspecified atom stereocenters. The molecule has 0 aromatic carbocycles. The number of nitrogens with one attached hydrogen (secondary N) is 2. The lowest BCUT2D eigenvalue weighted by Gasteiger charge is -2.23. The molecule has 0 spiro atoms. The summed E-state index contributed by atoms with van der Waals surface area (Å²) in [6, 6.07) is 1.68. The highest BCUT2D eigenvalue weighted by molar-refractivity contribution is 5.94. The molecule has 0 radical (unpaired) electrons. The van der Waals surface area contributed by atoms with Crippen LogP contribution in [0.5, 0.6) is 0 Å². The van der Waals surface area contributed by atoms with E-state index in [1.807, 2.05) is 0 Å². The van der Waals surface area contributed by atoms with E-state index in [0.29, 0.717) is 23.0 Å². The van der Waals surface area contributed by atoms with Crippen LogP contribution in [-0.2, 0) is 4.79 Å². The van der Waals surface area contributed by atoms with Crippen LogP contribution in [0.1, 0.15) is 24.8 Å². The van der Waals surface area contributed by atoms with Crippen molar-refractivity contribution in [3.63, 3.8) is 0 Å². The lowest BCUT2D eigenvalue weighted by molar-refractivity contribution is -0.159. The highest BCUT2D eigenvalue weighted by Crippen LogP contribution is 2.31. The number of hydrogen-bond acceptors (Lipinski definition) is 3. The van der Waals surface area contributed by atoms with Gasteiger partial charge in [-0.1, -0.05) is 6.92 Å². The highest BCUT2D eigenvalue weighted by atomic mass is 19.4. The van der Waals surface area contributed by atoms with Gasteiger partial charge in [0.25, 0.3) is 5.91 Å². The van der Waals surface area contributed by atoms with E-state index in [9.17, 15) is 22.4 Å². The van der Waals surface area contributed by atoms with E-state index in [1.54, 1.807) is 19.2 Å². The van der Waals surface area contributed by atoms with Gasteiger partial charge in [0, 0.05) is 36.2 Å². The minimum atomic E-state index is -4.47. The van der Waals surface area contributed by atoms with Gasteiger partial charge in [0.15, 0.2) is 0 Å². The first-order chi connectivity index (χ1) is 12.3. The fraction of sp³-hybridized carbons (Fsp3) is 0.412. The number of nitrogens with zero attached hydrogens (tertiary/aromatic N) is 2. The van der Waals surface area contributed by atoms with Crippen molar-refractivity contribution in [3.05, 3.63) is 41.6 Å². The van der Waals surface area contributed by atoms with E-state index in [2.05, 4.69) is 15.3 Å². The van der Waals surface area contributed by atoms with Gasteiger partial charge in [-0.2, -0.15) is 13.2 Å². The lowest BCUT2D eigenvalue weighted by Crippen LogP contribution is -2.41. The summed E-state index contributed by atoms with van der Waals surface area (Å²) in [5.41, 5.74) is 0.941. The number of alkyl halides is 3. The molecule has 3 heterocycles. The van der Waals surface area contributed by atoms with Gasteiger partial charge in [-0.15, -0.1) is 0 Å². The van der Waals surface area contributed by atoms with E-state index in [4.69, 9.17) is 0 Å². The largest absolute Gasteiger partial charge is 0.406 e. The standard InChI is InChI=1S/C17H18F4N4O/c1-2-5-25(9-17(19,20)21)16(26)13-6-10(7-23-13)14-11-3-4-22-15(11)24-8-12(14)18/h3-4,6,8,10,23H,2,5,7,9H2,1H3,(H,22,24). The number of amides is 1. The minimum Gasteiger partial charge on any atom is -0.380 e. The van der Waals surface area contributed by atoms with Crippen molar-refractivity contribution in [2.45, 2.75) is 25.4 Å². The molecule has 0 bridgehead atoms. The van der Waals surface area contributed by atoms with Crippen molar-refractivity contribution in [2.75, 3.05) is 19.6 Å². The molecule has 2 aromatic rings. The van der Waals surface area contributed by atoms with Crippen molar-refractivity contribution < 1.29 is 22.4 Å². The first-order valence-electron chi connectivity index (χ1n) is 8.23. The Morgan fingerprint density at radius 3 is 2.88 bits per heavy atom. The van der Waals surface area contributed by atoms with Gasteiger partial charge in [-0.25, -0.2) is 9.37 Å². The lowest BCUT2D eigenvalue weighted by atomic mass is 9.98. The number of carbonyl (C=O) groups is 1. The van der Waals surface area contributed by atoms with E-state index in [-0.39, 0.29) is 18.8 Å². The number of pyridine rings is 1. The molecular weight excluding hydrogens is 352 g/mol. The van der Waals surface area contributed by atoms with E-state index < -0.39 is 30.4 Å². The Bertz CT molecular complexity index is 843. The maximum Gasteiger partial charge on any atom is 0.406 e. The summed E-state index contributed by atoms with van der Waals surface area (Å²) in [4.78, 5) is 20.1. The zero-order valence-corrected chi connectivity index (χ0v) is 14.0. The average molecular weight is 370 g/mol. The summed E-state index contributed by atoms with van der Waals surface area (Å²) < 4.78 is 52.4. The van der Waals surface area contributed by atoms with Gasteiger partial charge in [0.1, 0.15) is 18.0 Å². The van der Waals surface area contributed by atoms with Crippen LogP contribution in [0.2, 0.25) is 0 Å². The molecule has 140 valence electrons. The summed E-state index contributed by atoms with van der Waals surface area (Å²) in [6.07, 6.45) is 0.144. The van der Waals surface area contributed by atoms with Crippen molar-refractivity contribution >= 4 is 16.9 Å². The third-order valence-electron chi connectivity index (χ3n) is 4.21. The number of rotatable bonds is 5. The number of fused-ring (bicyclic) bond motifs is 1. The van der Waals surface area contributed by atoms with E-state index >= 15 is 0 Å². The van der Waals surface area contributed by atoms with Gasteiger partial charge in [0.2, 0.25) is 0 Å². The fourth-order valence-corrected chi connectivity index (χ4v) is 3.16. The quantitative estimate of drug-likeness (QED) is 0.796. The second kappa shape index (κ2) is 6.97. The van der Waals surface area contributed by atoms with Crippen molar-refractivity contribution in [1.29, 1.82) is 0 Å². The van der Waals surface area contributed by atoms with Gasteiger partial charge < -0.3 is 15.2 Å². The second-order valence-electron chi connectivity index (χ2n) is 6.17. The predicted octanol–water partition coefficient (Wildman–Crippen LogP) is 3.07. The van der Waals surface area contributed by atoms with Crippen LogP contribution in [0.25, 0.3) is 11.0 Å². The zero-order chi connectivity index (χ0) is 18.9. The van der Waals surface area contributed by atoms with Crippen molar-refractivity contribution in [2.24, 2.45) is 0 Å². The summed E-state index contributed by atoms with van der Waals surface area (Å²) in [7, 11) is 0. The molecule has 1 aliphatic rings. The number of halogens is 4. The number of aromatic amines is 1. The van der Waals surface area contributed by atoms with Gasteiger partial charge in [0.05, 0.1) is 11.9 Å². The molecule has 3 rings (SSSR count). The first kappa shape index (κ1) is 18.2. The predicted molar refractivity (Wildman–Crippen MR) is 87.8 cm³/mol. The molecule has 1 atom stereocenters. The van der Waals surface area contributed by atoms with Crippen LogP contribution < -0.4 is 5.32 Å². The van der Waals surface area contributed by atoms with Crippen LogP contribution in [-0.4, -0.2) is 46.6 Å². The van der Waals surface area contributed by atoms with Gasteiger partial charge in [-0.3, -0.25) is 4.79 Å². The van der Waals surface area contributed by atoms with Crippen LogP contribution in [0.3, 0.4) is 0 Å². The van der Waals surface area contributed by atoms with E-state index in [1.165, 1.54) is 6.08 Å². The maximum atomic E-state index is 14.3. The normalized spacial score (nSPS) is 17.3. The Hall–Kier alpha value is -2.58. The number of carbonyl (C=O) groups excluding carboxylic acids is 1. The van der Waals surface area contributed by atoms with Crippen LogP contribution in [0.15, 0.2) is 30.2 Å². The highest BCUT2D eigenvalue weighted by Gasteiger charge is 2.35. The molecule has 1 amide bonds. The monoisotopic (exact) mass is 370 g/mol. The molecule has 26 heavy (non-hydrogen) atoms. The summed E-state index contributed by atoms with van der Waals surface area (Å²) in [6.45, 7) is 0.613. The minimum absolute atomic E-state index is 0.00625. The molecule has 9 heteroatoms. The Balaban J connectivity index is 1.87. The Morgan fingerprint density at radius 2 is 2.19 bits per heavy atom. The van der Waals surface area contributed by atoms with Crippen LogP contribution in [0, 0.1) is 5.82 Å². The Morgan fingerprint density at radius 1 is 1.42 bits per heavy atom. The Kier molecular flexibility index (Phi) is 4.88. The smallest absolute Gasteiger partial charge is 0.380 e. The number of hydrogen-bond donors (Lipinski definition) is 2. The molecule has 5 nitrogen and oxygen atoms in total. The summed E-state index contributed by atoms with van der Waals surface area (Å²) >= 11 is 0. The molecule has 1 aliphatic heterocycles. The molecule has 0 fully saturated rings. The van der Waals surface area contributed by atoms with Crippen LogP contribution in [0.4, 0.5) is 17.6 Å². The van der Waals surface area contributed by atoms with Gasteiger partial charge >= 0.3 is 6.18 Å². The third kappa shape index (κ3) is 3.66. The molecule has 0 saturated carbocycles. The van der Waals surface area contributed by atoms with Gasteiger partial charge in [-0.05, 0) is 18.6 Å². The van der Waals surface area contributed by atoms with Crippen molar-refractivity contribution in [1.82, 2.24) is 20.2 Å². The molecule has 2 aromatic heterocycles. The average Bonchev–Trinajstić information content (AvgIpc) is 3.21.